The maximum absolute atomic E-state index is 13.3. The smallest absolute Gasteiger partial charge is 0.418 e. The van der Waals surface area contributed by atoms with Crippen molar-refractivity contribution in [2.24, 2.45) is 0 Å². The number of carbonyl (C=O) groups excluding carboxylic acids is 3. The summed E-state index contributed by atoms with van der Waals surface area (Å²) in [5.41, 5.74) is -1.20. The molecule has 32 heavy (non-hydrogen) atoms. The molecule has 0 aliphatic carbocycles. The molecule has 2 N–H and O–H groups in total. The lowest BCUT2D eigenvalue weighted by Crippen LogP contribution is -2.33. The second-order valence-corrected chi connectivity index (χ2v) is 7.85. The predicted molar refractivity (Wildman–Crippen MR) is 110 cm³/mol. The topological polar surface area (TPSA) is 104 Å². The van der Waals surface area contributed by atoms with Gasteiger partial charge in [0.1, 0.15) is 0 Å². The fourth-order valence-electron chi connectivity index (χ4n) is 2.97. The maximum atomic E-state index is 13.3. The zero-order valence-electron chi connectivity index (χ0n) is 16.1. The summed E-state index contributed by atoms with van der Waals surface area (Å²) in [6.45, 7) is 0. The van der Waals surface area contributed by atoms with Gasteiger partial charge in [0.15, 0.2) is 0 Å². The number of benzene rings is 2. The van der Waals surface area contributed by atoms with Gasteiger partial charge in [0.25, 0.3) is 0 Å². The van der Waals surface area contributed by atoms with Crippen molar-refractivity contribution in [3.8, 4) is 0 Å². The quantitative estimate of drug-likeness (QED) is 0.499. The Morgan fingerprint density at radius 1 is 1.06 bits per heavy atom. The normalized spacial score (nSPS) is 16.6. The number of amides is 3. The van der Waals surface area contributed by atoms with Gasteiger partial charge < -0.3 is 10.4 Å². The lowest BCUT2D eigenvalue weighted by atomic mass is 10.1. The van der Waals surface area contributed by atoms with Crippen molar-refractivity contribution >= 4 is 46.8 Å². The first-order valence-corrected chi connectivity index (χ1v) is 9.96. The van der Waals surface area contributed by atoms with Crippen molar-refractivity contribution in [3.05, 3.63) is 66.2 Å². The Hall–Kier alpha value is -3.60. The Labute approximate surface area is 183 Å². The first-order chi connectivity index (χ1) is 15.1. The molecular formula is C21H15F3N2O5S. The van der Waals surface area contributed by atoms with E-state index in [1.807, 2.05) is 0 Å². The fourth-order valence-corrected chi connectivity index (χ4v) is 4.02. The summed E-state index contributed by atoms with van der Waals surface area (Å²) in [6.07, 6.45) is -3.44. The minimum absolute atomic E-state index is 0.256. The van der Waals surface area contributed by atoms with E-state index in [0.29, 0.717) is 21.6 Å². The van der Waals surface area contributed by atoms with Gasteiger partial charge in [-0.05, 0) is 36.4 Å². The van der Waals surface area contributed by atoms with Gasteiger partial charge >= 0.3 is 12.1 Å². The summed E-state index contributed by atoms with van der Waals surface area (Å²) in [5.74, 6) is -3.39. The third-order valence-corrected chi connectivity index (χ3v) is 5.53. The van der Waals surface area contributed by atoms with E-state index < -0.39 is 46.4 Å². The van der Waals surface area contributed by atoms with Crippen LogP contribution < -0.4 is 10.2 Å². The summed E-state index contributed by atoms with van der Waals surface area (Å²) < 4.78 is 39.9. The number of rotatable bonds is 6. The molecule has 1 atom stereocenters. The molecule has 0 saturated carbocycles. The summed E-state index contributed by atoms with van der Waals surface area (Å²) in [6, 6.07) is 10.5. The van der Waals surface area contributed by atoms with Crippen molar-refractivity contribution in [3.63, 3.8) is 0 Å². The van der Waals surface area contributed by atoms with Crippen LogP contribution in [0.4, 0.5) is 24.5 Å². The number of para-hydroxylation sites is 1. The molecule has 1 aliphatic rings. The number of anilines is 2. The van der Waals surface area contributed by atoms with Gasteiger partial charge in [-0.1, -0.05) is 12.1 Å². The summed E-state index contributed by atoms with van der Waals surface area (Å²) in [7, 11) is 0. The first-order valence-electron chi connectivity index (χ1n) is 9.08. The van der Waals surface area contributed by atoms with Gasteiger partial charge in [0.05, 0.1) is 16.5 Å². The van der Waals surface area contributed by atoms with Crippen LogP contribution in [0.25, 0.3) is 0 Å². The molecule has 11 heteroatoms. The van der Waals surface area contributed by atoms with E-state index in [9.17, 15) is 32.3 Å². The van der Waals surface area contributed by atoms with Crippen LogP contribution >= 0.6 is 11.8 Å². The average Bonchev–Trinajstić information content (AvgIpc) is 3.00. The Balaban J connectivity index is 1.71. The number of thioether (sulfide) groups is 1. The maximum Gasteiger partial charge on any atom is 0.418 e. The van der Waals surface area contributed by atoms with Gasteiger partial charge in [0.2, 0.25) is 17.7 Å². The van der Waals surface area contributed by atoms with E-state index in [4.69, 9.17) is 5.11 Å². The minimum Gasteiger partial charge on any atom is -0.478 e. The molecule has 3 amide bonds. The lowest BCUT2D eigenvalue weighted by molar-refractivity contribution is -0.137. The zero-order chi connectivity index (χ0) is 23.5. The highest BCUT2D eigenvalue weighted by Gasteiger charge is 2.44. The molecule has 7 nitrogen and oxygen atoms in total. The summed E-state index contributed by atoms with van der Waals surface area (Å²) >= 11 is 1.02. The fraction of sp³-hybridized carbons (Fsp3) is 0.143. The monoisotopic (exact) mass is 464 g/mol. The van der Waals surface area contributed by atoms with Crippen LogP contribution in [0.3, 0.4) is 0 Å². The molecule has 1 aliphatic heterocycles. The third kappa shape index (κ3) is 5.35. The Bertz CT molecular complexity index is 1100. The van der Waals surface area contributed by atoms with Crippen molar-refractivity contribution in [1.29, 1.82) is 0 Å². The summed E-state index contributed by atoms with van der Waals surface area (Å²) in [5, 5.41) is 10.1. The Morgan fingerprint density at radius 3 is 2.34 bits per heavy atom. The number of nitrogens with one attached hydrogen (secondary N) is 1. The van der Waals surface area contributed by atoms with Gasteiger partial charge in [-0.2, -0.15) is 13.2 Å². The molecule has 0 bridgehead atoms. The number of imide groups is 1. The van der Waals surface area contributed by atoms with E-state index in [0.717, 1.165) is 30.0 Å². The van der Waals surface area contributed by atoms with Crippen molar-refractivity contribution in [1.82, 2.24) is 0 Å². The van der Waals surface area contributed by atoms with Crippen LogP contribution in [0.2, 0.25) is 0 Å². The van der Waals surface area contributed by atoms with Gasteiger partial charge in [-0.25, -0.2) is 9.69 Å². The van der Waals surface area contributed by atoms with E-state index >= 15 is 0 Å². The number of hydrogen-bond donors (Lipinski definition) is 2. The molecule has 2 aromatic rings. The highest BCUT2D eigenvalue weighted by atomic mass is 32.2. The largest absolute Gasteiger partial charge is 0.478 e. The molecule has 0 radical (unpaired) electrons. The number of alkyl halides is 3. The molecule has 166 valence electrons. The Kier molecular flexibility index (Phi) is 6.68. The molecule has 1 fully saturated rings. The molecule has 0 spiro atoms. The number of aliphatic carboxylic acids is 1. The van der Waals surface area contributed by atoms with Crippen LogP contribution in [0.1, 0.15) is 12.0 Å². The first kappa shape index (κ1) is 23.1. The molecule has 0 unspecified atom stereocenters. The second kappa shape index (κ2) is 9.27. The number of carboxylic acids is 1. The van der Waals surface area contributed by atoms with Crippen LogP contribution in [-0.2, 0) is 25.4 Å². The highest BCUT2D eigenvalue weighted by molar-refractivity contribution is 8.00. The van der Waals surface area contributed by atoms with E-state index in [-0.39, 0.29) is 6.42 Å². The molecular weight excluding hydrogens is 449 g/mol. The predicted octanol–water partition coefficient (Wildman–Crippen LogP) is 3.71. The Morgan fingerprint density at radius 2 is 1.72 bits per heavy atom. The number of hydrogen-bond acceptors (Lipinski definition) is 5. The molecule has 1 saturated heterocycles. The zero-order valence-corrected chi connectivity index (χ0v) is 16.9. The van der Waals surface area contributed by atoms with E-state index in [2.05, 4.69) is 5.32 Å². The number of carboxylic acid groups (broad SMARTS) is 1. The van der Waals surface area contributed by atoms with Crippen LogP contribution in [0, 0.1) is 0 Å². The molecule has 1 heterocycles. The molecule has 2 aromatic carbocycles. The lowest BCUT2D eigenvalue weighted by Gasteiger charge is -2.20. The van der Waals surface area contributed by atoms with Crippen LogP contribution in [-0.4, -0.2) is 34.0 Å². The van der Waals surface area contributed by atoms with Gasteiger partial charge in [-0.15, -0.1) is 11.8 Å². The second-order valence-electron chi connectivity index (χ2n) is 6.58. The standard InChI is InChI=1S/C21H15F3N2O5S/c22-21(23,24)14-3-1-2-4-15(14)26-18(28)11-16(20(26)31)32-13-7-5-12(6-8-13)25-17(27)9-10-19(29)30/h1-10,16H,11H2,(H,25,27)(H,29,30)/b10-9+/t16-/m1/s1. The molecule has 0 aromatic heterocycles. The van der Waals surface area contributed by atoms with E-state index in [1.165, 1.54) is 24.3 Å². The highest BCUT2D eigenvalue weighted by Crippen LogP contribution is 2.40. The summed E-state index contributed by atoms with van der Waals surface area (Å²) in [4.78, 5) is 48.3. The average molecular weight is 464 g/mol. The third-order valence-electron chi connectivity index (χ3n) is 4.33. The number of nitrogens with zero attached hydrogens (tertiary/aromatic N) is 1. The minimum atomic E-state index is -4.72. The van der Waals surface area contributed by atoms with Gasteiger partial charge in [-0.3, -0.25) is 14.4 Å². The van der Waals surface area contributed by atoms with E-state index in [1.54, 1.807) is 12.1 Å². The van der Waals surface area contributed by atoms with Crippen molar-refractivity contribution in [2.45, 2.75) is 22.7 Å². The van der Waals surface area contributed by atoms with Crippen molar-refractivity contribution in [2.75, 3.05) is 10.2 Å². The number of carbonyl (C=O) groups is 4. The van der Waals surface area contributed by atoms with Crippen molar-refractivity contribution < 1.29 is 37.5 Å². The van der Waals surface area contributed by atoms with Crippen LogP contribution in [0.15, 0.2) is 65.6 Å². The number of halogens is 3. The molecule has 3 rings (SSSR count). The SMILES string of the molecule is O=C(O)/C=C/C(=O)Nc1ccc(S[C@@H]2CC(=O)N(c3ccccc3C(F)(F)F)C2=O)cc1. The van der Waals surface area contributed by atoms with Gasteiger partial charge in [0, 0.05) is 29.2 Å². The van der Waals surface area contributed by atoms with Crippen LogP contribution in [0.5, 0.6) is 0 Å².